The van der Waals surface area contributed by atoms with E-state index in [0.29, 0.717) is 31.2 Å². The molecule has 1 atom stereocenters. The van der Waals surface area contributed by atoms with Gasteiger partial charge in [0, 0.05) is 30.5 Å². The number of aromatic amines is 1. The average Bonchev–Trinajstić information content (AvgIpc) is 3.02. The number of hydrogen-bond acceptors (Lipinski definition) is 3. The summed E-state index contributed by atoms with van der Waals surface area (Å²) in [7, 11) is -3.20. The van der Waals surface area contributed by atoms with Crippen LogP contribution >= 0.6 is 0 Å². The number of H-pyrrole nitrogens is 1. The number of nitrogens with zero attached hydrogens (tertiary/aromatic N) is 1. The molecular weight excluding hydrogens is 350 g/mol. The van der Waals surface area contributed by atoms with E-state index in [1.807, 2.05) is 17.0 Å². The van der Waals surface area contributed by atoms with Crippen LogP contribution in [0.1, 0.15) is 48.7 Å². The number of benzene rings is 1. The zero-order chi connectivity index (χ0) is 18.9. The lowest BCUT2D eigenvalue weighted by Gasteiger charge is -2.32. The third kappa shape index (κ3) is 4.45. The average molecular weight is 378 g/mol. The van der Waals surface area contributed by atoms with Gasteiger partial charge in [-0.05, 0) is 42.4 Å². The van der Waals surface area contributed by atoms with Crippen molar-refractivity contribution in [1.82, 2.24) is 14.6 Å². The number of rotatable bonds is 5. The molecule has 1 aromatic carbocycles. The van der Waals surface area contributed by atoms with Gasteiger partial charge in [-0.25, -0.2) is 13.1 Å². The van der Waals surface area contributed by atoms with Crippen molar-refractivity contribution in [3.63, 3.8) is 0 Å². The maximum Gasteiger partial charge on any atom is 0.270 e. The van der Waals surface area contributed by atoms with E-state index < -0.39 is 10.0 Å². The SMILES string of the molecule is CC(C)c1ccc2cc(C(=O)N3CCCC(CNS(C)(=O)=O)C3)[nH]c2c1. The van der Waals surface area contributed by atoms with Gasteiger partial charge in [0.05, 0.1) is 6.26 Å². The second-order valence-electron chi connectivity index (χ2n) is 7.56. The number of aromatic nitrogens is 1. The van der Waals surface area contributed by atoms with Crippen molar-refractivity contribution in [2.24, 2.45) is 5.92 Å². The van der Waals surface area contributed by atoms with Crippen LogP contribution in [0.5, 0.6) is 0 Å². The van der Waals surface area contributed by atoms with Crippen LogP contribution in [0.15, 0.2) is 24.3 Å². The molecule has 26 heavy (non-hydrogen) atoms. The van der Waals surface area contributed by atoms with E-state index in [1.165, 1.54) is 5.56 Å². The van der Waals surface area contributed by atoms with Crippen LogP contribution in [-0.2, 0) is 10.0 Å². The largest absolute Gasteiger partial charge is 0.351 e. The number of sulfonamides is 1. The molecule has 1 fully saturated rings. The molecule has 0 bridgehead atoms. The van der Waals surface area contributed by atoms with Crippen molar-refractivity contribution in [1.29, 1.82) is 0 Å². The Balaban J connectivity index is 1.72. The molecule has 2 heterocycles. The fourth-order valence-corrected chi connectivity index (χ4v) is 4.01. The van der Waals surface area contributed by atoms with Crippen molar-refractivity contribution < 1.29 is 13.2 Å². The first-order chi connectivity index (χ1) is 12.2. The summed E-state index contributed by atoms with van der Waals surface area (Å²) in [5.74, 6) is 0.572. The summed E-state index contributed by atoms with van der Waals surface area (Å²) in [6.07, 6.45) is 2.98. The summed E-state index contributed by atoms with van der Waals surface area (Å²) in [5, 5.41) is 1.03. The minimum atomic E-state index is -3.20. The summed E-state index contributed by atoms with van der Waals surface area (Å²) >= 11 is 0. The van der Waals surface area contributed by atoms with Gasteiger partial charge in [0.1, 0.15) is 5.69 Å². The fourth-order valence-electron chi connectivity index (χ4n) is 3.47. The number of carbonyl (C=O) groups is 1. The first-order valence-corrected chi connectivity index (χ1v) is 11.0. The highest BCUT2D eigenvalue weighted by atomic mass is 32.2. The Bertz CT molecular complexity index is 902. The molecule has 2 N–H and O–H groups in total. The van der Waals surface area contributed by atoms with E-state index >= 15 is 0 Å². The summed E-state index contributed by atoms with van der Waals surface area (Å²) in [6.45, 7) is 5.96. The number of piperidine rings is 1. The molecule has 1 aromatic heterocycles. The van der Waals surface area contributed by atoms with Gasteiger partial charge in [0.25, 0.3) is 5.91 Å². The van der Waals surface area contributed by atoms with Gasteiger partial charge in [-0.1, -0.05) is 26.0 Å². The molecule has 1 aliphatic rings. The van der Waals surface area contributed by atoms with Crippen LogP contribution in [0.4, 0.5) is 0 Å². The monoisotopic (exact) mass is 377 g/mol. The molecule has 1 aliphatic heterocycles. The molecule has 0 saturated carbocycles. The smallest absolute Gasteiger partial charge is 0.270 e. The van der Waals surface area contributed by atoms with Crippen LogP contribution in [0.2, 0.25) is 0 Å². The summed E-state index contributed by atoms with van der Waals surface area (Å²) in [4.78, 5) is 18.0. The van der Waals surface area contributed by atoms with Gasteiger partial charge in [-0.15, -0.1) is 0 Å². The zero-order valence-electron chi connectivity index (χ0n) is 15.6. The van der Waals surface area contributed by atoms with E-state index in [9.17, 15) is 13.2 Å². The zero-order valence-corrected chi connectivity index (χ0v) is 16.4. The molecule has 1 amide bonds. The number of hydrogen-bond donors (Lipinski definition) is 2. The topological polar surface area (TPSA) is 82.3 Å². The Kier molecular flexibility index (Phi) is 5.39. The molecule has 6 nitrogen and oxygen atoms in total. The van der Waals surface area contributed by atoms with Crippen LogP contribution in [0.3, 0.4) is 0 Å². The Hall–Kier alpha value is -1.86. The van der Waals surface area contributed by atoms with E-state index in [0.717, 1.165) is 30.0 Å². The molecule has 7 heteroatoms. The van der Waals surface area contributed by atoms with Gasteiger partial charge in [-0.2, -0.15) is 0 Å². The number of nitrogens with one attached hydrogen (secondary N) is 2. The molecule has 1 unspecified atom stereocenters. The number of amides is 1. The molecular formula is C19H27N3O3S. The highest BCUT2D eigenvalue weighted by molar-refractivity contribution is 7.88. The second kappa shape index (κ2) is 7.40. The Morgan fingerprint density at radius 2 is 2.12 bits per heavy atom. The molecule has 142 valence electrons. The van der Waals surface area contributed by atoms with Crippen molar-refractivity contribution in [3.05, 3.63) is 35.5 Å². The van der Waals surface area contributed by atoms with Gasteiger partial charge >= 0.3 is 0 Å². The van der Waals surface area contributed by atoms with Crippen LogP contribution in [0.25, 0.3) is 10.9 Å². The highest BCUT2D eigenvalue weighted by Crippen LogP contribution is 2.24. The normalized spacial score (nSPS) is 18.6. The van der Waals surface area contributed by atoms with Crippen LogP contribution < -0.4 is 4.72 Å². The summed E-state index contributed by atoms with van der Waals surface area (Å²) in [5.41, 5.74) is 2.81. The third-order valence-electron chi connectivity index (χ3n) is 4.98. The van der Waals surface area contributed by atoms with E-state index in [4.69, 9.17) is 0 Å². The van der Waals surface area contributed by atoms with E-state index in [1.54, 1.807) is 0 Å². The number of fused-ring (bicyclic) bond motifs is 1. The molecule has 0 radical (unpaired) electrons. The lowest BCUT2D eigenvalue weighted by molar-refractivity contribution is 0.0671. The molecule has 3 rings (SSSR count). The Morgan fingerprint density at radius 3 is 2.81 bits per heavy atom. The second-order valence-corrected chi connectivity index (χ2v) is 9.40. The lowest BCUT2D eigenvalue weighted by atomic mass is 9.98. The summed E-state index contributed by atoms with van der Waals surface area (Å²) < 4.78 is 25.1. The standard InChI is InChI=1S/C19H27N3O3S/c1-13(2)15-6-7-16-10-18(21-17(16)9-15)19(23)22-8-4-5-14(12-22)11-20-26(3,24)25/h6-7,9-10,13-14,20-21H,4-5,8,11-12H2,1-3H3. The van der Waals surface area contributed by atoms with Crippen molar-refractivity contribution in [3.8, 4) is 0 Å². The number of likely N-dealkylation sites (tertiary alicyclic amines) is 1. The molecule has 1 saturated heterocycles. The van der Waals surface area contributed by atoms with Crippen LogP contribution in [0, 0.1) is 5.92 Å². The molecule has 0 aliphatic carbocycles. The predicted octanol–water partition coefficient (Wildman–Crippen LogP) is 2.69. The third-order valence-corrected chi connectivity index (χ3v) is 5.68. The van der Waals surface area contributed by atoms with Gasteiger partial charge in [-0.3, -0.25) is 4.79 Å². The minimum absolute atomic E-state index is 0.0173. The van der Waals surface area contributed by atoms with Crippen molar-refractivity contribution in [2.45, 2.75) is 32.6 Å². The van der Waals surface area contributed by atoms with Gasteiger partial charge in [0.2, 0.25) is 10.0 Å². The van der Waals surface area contributed by atoms with Crippen molar-refractivity contribution >= 4 is 26.8 Å². The highest BCUT2D eigenvalue weighted by Gasteiger charge is 2.26. The quantitative estimate of drug-likeness (QED) is 0.840. The minimum Gasteiger partial charge on any atom is -0.351 e. The van der Waals surface area contributed by atoms with Gasteiger partial charge < -0.3 is 9.88 Å². The van der Waals surface area contributed by atoms with Crippen molar-refractivity contribution in [2.75, 3.05) is 25.9 Å². The Labute approximate surface area is 155 Å². The predicted molar refractivity (Wildman–Crippen MR) is 104 cm³/mol. The van der Waals surface area contributed by atoms with Crippen LogP contribution in [-0.4, -0.2) is 50.1 Å². The lowest BCUT2D eigenvalue weighted by Crippen LogP contribution is -2.43. The first kappa shape index (κ1) is 18.9. The summed E-state index contributed by atoms with van der Waals surface area (Å²) in [6, 6.07) is 8.15. The maximum atomic E-state index is 12.9. The maximum absolute atomic E-state index is 12.9. The molecule has 2 aromatic rings. The van der Waals surface area contributed by atoms with Gasteiger partial charge in [0.15, 0.2) is 0 Å². The van der Waals surface area contributed by atoms with E-state index in [-0.39, 0.29) is 11.8 Å². The number of carbonyl (C=O) groups excluding carboxylic acids is 1. The first-order valence-electron chi connectivity index (χ1n) is 9.09. The Morgan fingerprint density at radius 1 is 1.35 bits per heavy atom. The fraction of sp³-hybridized carbons (Fsp3) is 0.526. The van der Waals surface area contributed by atoms with E-state index in [2.05, 4.69) is 35.7 Å². The molecule has 0 spiro atoms.